The summed E-state index contributed by atoms with van der Waals surface area (Å²) >= 11 is 0. The quantitative estimate of drug-likeness (QED) is 0.629. The minimum Gasteiger partial charge on any atom is -0.469 e. The Balaban J connectivity index is 3.07. The van der Waals surface area contributed by atoms with Gasteiger partial charge in [0.05, 0.1) is 19.1 Å². The molecular formula is C11H9F5O3. The minimum atomic E-state index is -5.09. The van der Waals surface area contributed by atoms with Crippen LogP contribution in [0.2, 0.25) is 0 Å². The molecule has 0 aliphatic carbocycles. The second-order valence-electron chi connectivity index (χ2n) is 3.47. The Bertz CT molecular complexity index is 456. The molecule has 0 amide bonds. The molecule has 106 valence electrons. The van der Waals surface area contributed by atoms with Crippen LogP contribution in [0, 0.1) is 0 Å². The summed E-state index contributed by atoms with van der Waals surface area (Å²) in [6.07, 6.45) is -8.55. The predicted octanol–water partition coefficient (Wildman–Crippen LogP) is 3.24. The summed E-state index contributed by atoms with van der Waals surface area (Å²) in [6, 6.07) is 2.64. The first kappa shape index (κ1) is 15.2. The van der Waals surface area contributed by atoms with Crippen LogP contribution in [0.5, 0.6) is 5.75 Å². The van der Waals surface area contributed by atoms with Gasteiger partial charge >= 0.3 is 12.3 Å². The number of carbonyl (C=O) groups is 1. The van der Waals surface area contributed by atoms with Crippen LogP contribution in [-0.4, -0.2) is 19.4 Å². The van der Waals surface area contributed by atoms with Crippen LogP contribution in [0.15, 0.2) is 18.2 Å². The van der Waals surface area contributed by atoms with Gasteiger partial charge in [0.1, 0.15) is 5.75 Å². The molecule has 0 bridgehead atoms. The van der Waals surface area contributed by atoms with Gasteiger partial charge in [-0.3, -0.25) is 4.79 Å². The van der Waals surface area contributed by atoms with Gasteiger partial charge in [-0.1, -0.05) is 6.07 Å². The third-order valence-electron chi connectivity index (χ3n) is 2.11. The maximum atomic E-state index is 12.5. The van der Waals surface area contributed by atoms with E-state index in [1.807, 2.05) is 0 Å². The van der Waals surface area contributed by atoms with Crippen LogP contribution in [0.25, 0.3) is 0 Å². The molecule has 19 heavy (non-hydrogen) atoms. The van der Waals surface area contributed by atoms with Crippen LogP contribution in [0.4, 0.5) is 22.0 Å². The lowest BCUT2D eigenvalue weighted by Crippen LogP contribution is -2.18. The number of rotatable bonds is 4. The van der Waals surface area contributed by atoms with Crippen LogP contribution in [-0.2, 0) is 16.0 Å². The first-order valence-electron chi connectivity index (χ1n) is 4.96. The number of esters is 1. The summed E-state index contributed by atoms with van der Waals surface area (Å²) in [7, 11) is 1.10. The van der Waals surface area contributed by atoms with Crippen molar-refractivity contribution in [3.05, 3.63) is 29.3 Å². The fourth-order valence-electron chi connectivity index (χ4n) is 1.32. The van der Waals surface area contributed by atoms with E-state index in [1.54, 1.807) is 0 Å². The average molecular weight is 284 g/mol. The van der Waals surface area contributed by atoms with Crippen LogP contribution in [0.3, 0.4) is 0 Å². The van der Waals surface area contributed by atoms with Crippen molar-refractivity contribution in [3.63, 3.8) is 0 Å². The molecule has 0 saturated heterocycles. The molecule has 0 aliphatic rings. The summed E-state index contributed by atoms with van der Waals surface area (Å²) in [5.41, 5.74) is -0.818. The van der Waals surface area contributed by atoms with E-state index in [0.717, 1.165) is 25.3 Å². The van der Waals surface area contributed by atoms with Crippen molar-refractivity contribution < 1.29 is 36.2 Å². The van der Waals surface area contributed by atoms with Crippen molar-refractivity contribution in [2.45, 2.75) is 19.2 Å². The molecule has 0 atom stereocenters. The molecule has 0 heterocycles. The molecule has 0 fully saturated rings. The molecule has 1 aromatic rings. The number of methoxy groups -OCH3 is 1. The Kier molecular flexibility index (Phi) is 4.68. The molecule has 1 rings (SSSR count). The molecule has 0 unspecified atom stereocenters. The standard InChI is InChI=1S/C11H9F5O3/c1-18-9(17)5-6-2-3-7(10(12)13)8(4-6)19-11(14,15)16/h2-4,10H,5H2,1H3. The molecule has 0 N–H and O–H groups in total. The van der Waals surface area contributed by atoms with Gasteiger partial charge in [0.2, 0.25) is 0 Å². The maximum Gasteiger partial charge on any atom is 0.573 e. The molecule has 1 aromatic carbocycles. The Morgan fingerprint density at radius 3 is 2.42 bits per heavy atom. The third kappa shape index (κ3) is 4.72. The van der Waals surface area contributed by atoms with E-state index in [4.69, 9.17) is 0 Å². The van der Waals surface area contributed by atoms with E-state index >= 15 is 0 Å². The molecular weight excluding hydrogens is 275 g/mol. The van der Waals surface area contributed by atoms with Gasteiger partial charge in [-0.05, 0) is 17.7 Å². The smallest absolute Gasteiger partial charge is 0.469 e. The number of alkyl halides is 5. The van der Waals surface area contributed by atoms with Crippen molar-refractivity contribution in [2.24, 2.45) is 0 Å². The highest BCUT2D eigenvalue weighted by atomic mass is 19.4. The van der Waals surface area contributed by atoms with Gasteiger partial charge in [-0.25, -0.2) is 8.78 Å². The maximum absolute atomic E-state index is 12.5. The largest absolute Gasteiger partial charge is 0.573 e. The van der Waals surface area contributed by atoms with Gasteiger partial charge in [-0.2, -0.15) is 0 Å². The van der Waals surface area contributed by atoms with E-state index < -0.39 is 30.1 Å². The van der Waals surface area contributed by atoms with Gasteiger partial charge in [0, 0.05) is 0 Å². The van der Waals surface area contributed by atoms with Gasteiger partial charge in [-0.15, -0.1) is 13.2 Å². The summed E-state index contributed by atoms with van der Waals surface area (Å²) in [6.45, 7) is 0. The van der Waals surface area contributed by atoms with Crippen molar-refractivity contribution in [3.8, 4) is 5.75 Å². The minimum absolute atomic E-state index is 0.0792. The second-order valence-corrected chi connectivity index (χ2v) is 3.47. The Labute approximate surface area is 104 Å². The Morgan fingerprint density at radius 1 is 1.32 bits per heavy atom. The number of halogens is 5. The zero-order valence-corrected chi connectivity index (χ0v) is 9.63. The van der Waals surface area contributed by atoms with E-state index in [9.17, 15) is 26.7 Å². The fraction of sp³-hybridized carbons (Fsp3) is 0.364. The number of ether oxygens (including phenoxy) is 2. The summed E-state index contributed by atoms with van der Waals surface area (Å²) < 4.78 is 69.1. The molecule has 0 radical (unpaired) electrons. The SMILES string of the molecule is COC(=O)Cc1ccc(C(F)F)c(OC(F)(F)F)c1. The Morgan fingerprint density at radius 2 is 1.95 bits per heavy atom. The summed E-state index contributed by atoms with van der Waals surface area (Å²) in [5, 5.41) is 0. The number of hydrogen-bond donors (Lipinski definition) is 0. The second kappa shape index (κ2) is 5.85. The summed E-state index contributed by atoms with van der Waals surface area (Å²) in [5.74, 6) is -1.73. The van der Waals surface area contributed by atoms with E-state index in [-0.39, 0.29) is 12.0 Å². The molecule has 8 heteroatoms. The monoisotopic (exact) mass is 284 g/mol. The van der Waals surface area contributed by atoms with Crippen molar-refractivity contribution in [2.75, 3.05) is 7.11 Å². The zero-order valence-electron chi connectivity index (χ0n) is 9.63. The van der Waals surface area contributed by atoms with Gasteiger partial charge < -0.3 is 9.47 Å². The third-order valence-corrected chi connectivity index (χ3v) is 2.11. The van der Waals surface area contributed by atoms with Gasteiger partial charge in [0.15, 0.2) is 0 Å². The molecule has 0 aromatic heterocycles. The highest BCUT2D eigenvalue weighted by Crippen LogP contribution is 2.33. The van der Waals surface area contributed by atoms with Crippen LogP contribution < -0.4 is 4.74 Å². The van der Waals surface area contributed by atoms with E-state index in [0.29, 0.717) is 0 Å². The average Bonchev–Trinajstić information content (AvgIpc) is 2.26. The molecule has 0 saturated carbocycles. The lowest BCUT2D eigenvalue weighted by Gasteiger charge is -2.14. The van der Waals surface area contributed by atoms with Crippen LogP contribution in [0.1, 0.15) is 17.6 Å². The lowest BCUT2D eigenvalue weighted by atomic mass is 10.1. The van der Waals surface area contributed by atoms with E-state index in [2.05, 4.69) is 9.47 Å². The topological polar surface area (TPSA) is 35.5 Å². The normalized spacial score (nSPS) is 11.5. The first-order valence-corrected chi connectivity index (χ1v) is 4.96. The molecule has 0 spiro atoms. The number of carbonyl (C=O) groups excluding carboxylic acids is 1. The van der Waals surface area contributed by atoms with Crippen molar-refractivity contribution in [1.29, 1.82) is 0 Å². The van der Waals surface area contributed by atoms with Crippen molar-refractivity contribution >= 4 is 5.97 Å². The van der Waals surface area contributed by atoms with Crippen molar-refractivity contribution in [1.82, 2.24) is 0 Å². The lowest BCUT2D eigenvalue weighted by molar-refractivity contribution is -0.275. The van der Waals surface area contributed by atoms with Crippen LogP contribution >= 0.6 is 0 Å². The number of benzene rings is 1. The molecule has 3 nitrogen and oxygen atoms in total. The predicted molar refractivity (Wildman–Crippen MR) is 53.8 cm³/mol. The summed E-state index contributed by atoms with van der Waals surface area (Å²) in [4.78, 5) is 11.0. The zero-order chi connectivity index (χ0) is 14.6. The van der Waals surface area contributed by atoms with E-state index in [1.165, 1.54) is 0 Å². The Hall–Kier alpha value is -1.86. The first-order chi connectivity index (χ1) is 8.73. The van der Waals surface area contributed by atoms with Gasteiger partial charge in [0.25, 0.3) is 6.43 Å². The number of hydrogen-bond acceptors (Lipinski definition) is 3. The molecule has 0 aliphatic heterocycles. The highest BCUT2D eigenvalue weighted by molar-refractivity contribution is 5.72. The fourth-order valence-corrected chi connectivity index (χ4v) is 1.32. The highest BCUT2D eigenvalue weighted by Gasteiger charge is 2.33.